The minimum atomic E-state index is 0.858. The molecule has 1 aromatic carbocycles. The van der Waals surface area contributed by atoms with Gasteiger partial charge in [-0.05, 0) is 29.5 Å². The molecule has 1 aromatic rings. The Balaban J connectivity index is 3.02. The summed E-state index contributed by atoms with van der Waals surface area (Å²) in [6.07, 6.45) is 2.23. The third-order valence-electron chi connectivity index (χ3n) is 2.23. The maximum Gasteiger partial charge on any atom is 0.0157 e. The van der Waals surface area contributed by atoms with Gasteiger partial charge in [0.05, 0.1) is 0 Å². The first-order chi connectivity index (χ1) is 5.81. The molecule has 0 aliphatic carbocycles. The van der Waals surface area contributed by atoms with E-state index in [-0.39, 0.29) is 0 Å². The molecule has 0 atom stereocenters. The Morgan fingerprint density at radius 2 is 1.83 bits per heavy atom. The maximum absolute atomic E-state index is 4.32. The fourth-order valence-corrected chi connectivity index (χ4v) is 1.69. The van der Waals surface area contributed by atoms with Crippen molar-refractivity contribution in [2.24, 2.45) is 0 Å². The predicted octanol–water partition coefficient (Wildman–Crippen LogP) is 3.24. The van der Waals surface area contributed by atoms with Crippen LogP contribution < -0.4 is 0 Å². The van der Waals surface area contributed by atoms with E-state index in [1.807, 2.05) is 0 Å². The first-order valence-corrected chi connectivity index (χ1v) is 5.16. The molecule has 0 amide bonds. The second-order valence-corrected chi connectivity index (χ2v) is 3.28. The molecule has 0 aliphatic rings. The Morgan fingerprint density at radius 3 is 2.33 bits per heavy atom. The van der Waals surface area contributed by atoms with Crippen LogP contribution >= 0.6 is 12.6 Å². The standard InChI is InChI=1S/C11H16S/c1-3-9-5-6-10(4-2)11(7-9)8-12/h5-7,12H,3-4,8H2,1-2H3. The molecule has 0 aliphatic heterocycles. The molecule has 12 heavy (non-hydrogen) atoms. The summed E-state index contributed by atoms with van der Waals surface area (Å²) in [6.45, 7) is 4.37. The Morgan fingerprint density at radius 1 is 1.08 bits per heavy atom. The summed E-state index contributed by atoms with van der Waals surface area (Å²) in [4.78, 5) is 0. The van der Waals surface area contributed by atoms with Crippen molar-refractivity contribution in [3.63, 3.8) is 0 Å². The molecule has 66 valence electrons. The van der Waals surface area contributed by atoms with Gasteiger partial charge in [0.25, 0.3) is 0 Å². The highest BCUT2D eigenvalue weighted by Gasteiger charge is 1.99. The summed E-state index contributed by atoms with van der Waals surface area (Å²) in [7, 11) is 0. The Bertz CT molecular complexity index is 253. The van der Waals surface area contributed by atoms with Crippen molar-refractivity contribution in [3.8, 4) is 0 Å². The van der Waals surface area contributed by atoms with Crippen LogP contribution in [0.3, 0.4) is 0 Å². The quantitative estimate of drug-likeness (QED) is 0.678. The predicted molar refractivity (Wildman–Crippen MR) is 57.9 cm³/mol. The van der Waals surface area contributed by atoms with Gasteiger partial charge in [-0.25, -0.2) is 0 Å². The zero-order valence-corrected chi connectivity index (χ0v) is 8.70. The van der Waals surface area contributed by atoms with Crippen molar-refractivity contribution in [2.45, 2.75) is 32.4 Å². The normalized spacial score (nSPS) is 10.2. The van der Waals surface area contributed by atoms with Crippen LogP contribution in [0.4, 0.5) is 0 Å². The lowest BCUT2D eigenvalue weighted by molar-refractivity contribution is 1.07. The van der Waals surface area contributed by atoms with E-state index in [4.69, 9.17) is 0 Å². The van der Waals surface area contributed by atoms with Crippen LogP contribution in [0.5, 0.6) is 0 Å². The van der Waals surface area contributed by atoms with E-state index >= 15 is 0 Å². The number of hydrogen-bond donors (Lipinski definition) is 1. The summed E-state index contributed by atoms with van der Waals surface area (Å²) >= 11 is 4.32. The highest BCUT2D eigenvalue weighted by atomic mass is 32.1. The van der Waals surface area contributed by atoms with Crippen LogP contribution in [-0.4, -0.2) is 0 Å². The molecular formula is C11H16S. The molecule has 0 saturated heterocycles. The summed E-state index contributed by atoms with van der Waals surface area (Å²) in [5.41, 5.74) is 4.23. The minimum absolute atomic E-state index is 0.858. The van der Waals surface area contributed by atoms with E-state index in [9.17, 15) is 0 Å². The zero-order chi connectivity index (χ0) is 8.97. The van der Waals surface area contributed by atoms with Crippen LogP contribution in [0.2, 0.25) is 0 Å². The van der Waals surface area contributed by atoms with E-state index < -0.39 is 0 Å². The van der Waals surface area contributed by atoms with Crippen LogP contribution in [0.15, 0.2) is 18.2 Å². The second kappa shape index (κ2) is 4.56. The first kappa shape index (κ1) is 9.66. The molecule has 0 fully saturated rings. The van der Waals surface area contributed by atoms with Gasteiger partial charge in [-0.3, -0.25) is 0 Å². The molecule has 1 rings (SSSR count). The molecule has 0 aromatic heterocycles. The van der Waals surface area contributed by atoms with Crippen molar-refractivity contribution in [2.75, 3.05) is 0 Å². The largest absolute Gasteiger partial charge is 0.175 e. The van der Waals surface area contributed by atoms with Gasteiger partial charge >= 0.3 is 0 Å². The average Bonchev–Trinajstić information content (AvgIpc) is 2.16. The monoisotopic (exact) mass is 180 g/mol. The van der Waals surface area contributed by atoms with Gasteiger partial charge in [0.2, 0.25) is 0 Å². The highest BCUT2D eigenvalue weighted by molar-refractivity contribution is 7.79. The maximum atomic E-state index is 4.32. The lowest BCUT2D eigenvalue weighted by atomic mass is 10.0. The summed E-state index contributed by atoms with van der Waals surface area (Å²) in [6, 6.07) is 6.71. The van der Waals surface area contributed by atoms with E-state index in [1.165, 1.54) is 16.7 Å². The van der Waals surface area contributed by atoms with Gasteiger partial charge in [-0.15, -0.1) is 0 Å². The summed E-state index contributed by atoms with van der Waals surface area (Å²) in [5, 5.41) is 0. The van der Waals surface area contributed by atoms with Crippen molar-refractivity contribution < 1.29 is 0 Å². The molecule has 1 heteroatoms. The molecule has 0 radical (unpaired) electrons. The molecule has 0 unspecified atom stereocenters. The SMILES string of the molecule is CCc1ccc(CC)c(CS)c1. The number of hydrogen-bond acceptors (Lipinski definition) is 1. The Hall–Kier alpha value is -0.430. The molecule has 0 nitrogen and oxygen atoms in total. The minimum Gasteiger partial charge on any atom is -0.175 e. The molecule has 0 bridgehead atoms. The van der Waals surface area contributed by atoms with Gasteiger partial charge in [-0.1, -0.05) is 32.0 Å². The van der Waals surface area contributed by atoms with E-state index in [1.54, 1.807) is 0 Å². The van der Waals surface area contributed by atoms with Gasteiger partial charge < -0.3 is 0 Å². The van der Waals surface area contributed by atoms with Crippen LogP contribution in [0.25, 0.3) is 0 Å². The molecule has 0 saturated carbocycles. The van der Waals surface area contributed by atoms with E-state index in [0.717, 1.165) is 18.6 Å². The van der Waals surface area contributed by atoms with Gasteiger partial charge in [0, 0.05) is 5.75 Å². The number of benzene rings is 1. The average molecular weight is 180 g/mol. The summed E-state index contributed by atoms with van der Waals surface area (Å²) < 4.78 is 0. The third-order valence-corrected chi connectivity index (χ3v) is 2.57. The van der Waals surface area contributed by atoms with E-state index in [0.29, 0.717) is 0 Å². The van der Waals surface area contributed by atoms with Gasteiger partial charge in [0.1, 0.15) is 0 Å². The van der Waals surface area contributed by atoms with Crippen LogP contribution in [0, 0.1) is 0 Å². The van der Waals surface area contributed by atoms with E-state index in [2.05, 4.69) is 44.7 Å². The topological polar surface area (TPSA) is 0 Å². The van der Waals surface area contributed by atoms with Gasteiger partial charge in [0.15, 0.2) is 0 Å². The van der Waals surface area contributed by atoms with Crippen molar-refractivity contribution in [3.05, 3.63) is 34.9 Å². The van der Waals surface area contributed by atoms with Crippen molar-refractivity contribution in [1.82, 2.24) is 0 Å². The fourth-order valence-electron chi connectivity index (χ4n) is 1.39. The first-order valence-electron chi connectivity index (χ1n) is 4.53. The van der Waals surface area contributed by atoms with Crippen molar-refractivity contribution >= 4 is 12.6 Å². The van der Waals surface area contributed by atoms with Crippen LogP contribution in [-0.2, 0) is 18.6 Å². The molecular weight excluding hydrogens is 164 g/mol. The highest BCUT2D eigenvalue weighted by Crippen LogP contribution is 2.15. The lowest BCUT2D eigenvalue weighted by Gasteiger charge is -2.06. The van der Waals surface area contributed by atoms with Crippen LogP contribution in [0.1, 0.15) is 30.5 Å². The lowest BCUT2D eigenvalue weighted by Crippen LogP contribution is -1.91. The summed E-state index contributed by atoms with van der Waals surface area (Å²) in [5.74, 6) is 0.858. The molecule has 0 heterocycles. The molecule has 0 N–H and O–H groups in total. The fraction of sp³-hybridized carbons (Fsp3) is 0.455. The number of aryl methyl sites for hydroxylation is 2. The Labute approximate surface area is 80.4 Å². The van der Waals surface area contributed by atoms with Gasteiger partial charge in [-0.2, -0.15) is 12.6 Å². The molecule has 0 spiro atoms. The number of thiol groups is 1. The zero-order valence-electron chi connectivity index (χ0n) is 7.80. The Kier molecular flexibility index (Phi) is 3.67. The van der Waals surface area contributed by atoms with Crippen molar-refractivity contribution in [1.29, 1.82) is 0 Å². The number of rotatable bonds is 3. The third kappa shape index (κ3) is 2.04. The second-order valence-electron chi connectivity index (χ2n) is 2.97. The smallest absolute Gasteiger partial charge is 0.0157 e.